The number of fused-ring (bicyclic) bond motifs is 1. The summed E-state index contributed by atoms with van der Waals surface area (Å²) in [7, 11) is 0. The highest BCUT2D eigenvalue weighted by atomic mass is 79.9. The van der Waals surface area contributed by atoms with E-state index in [2.05, 4.69) is 36.4 Å². The third-order valence-electron chi connectivity index (χ3n) is 3.56. The number of rotatable bonds is 6. The second-order valence-corrected chi connectivity index (χ2v) is 6.44. The SMILES string of the molecule is Cc1noc(CCCNC(=O)Cn2cnc3ccc(Br)cc3c2=O)n1. The number of amides is 1. The Balaban J connectivity index is 1.56. The first kappa shape index (κ1) is 17.3. The fourth-order valence-corrected chi connectivity index (χ4v) is 2.72. The summed E-state index contributed by atoms with van der Waals surface area (Å²) in [5.74, 6) is 0.890. The molecule has 0 saturated carbocycles. The van der Waals surface area contributed by atoms with Crippen molar-refractivity contribution >= 4 is 32.7 Å². The predicted molar refractivity (Wildman–Crippen MR) is 94.1 cm³/mol. The van der Waals surface area contributed by atoms with Crippen molar-refractivity contribution in [2.75, 3.05) is 6.54 Å². The van der Waals surface area contributed by atoms with Crippen molar-refractivity contribution in [2.24, 2.45) is 0 Å². The van der Waals surface area contributed by atoms with Crippen LogP contribution < -0.4 is 10.9 Å². The average Bonchev–Trinajstić information content (AvgIpc) is 3.00. The van der Waals surface area contributed by atoms with Crippen molar-refractivity contribution in [3.05, 3.63) is 51.1 Å². The zero-order valence-electron chi connectivity index (χ0n) is 13.5. The minimum Gasteiger partial charge on any atom is -0.355 e. The lowest BCUT2D eigenvalue weighted by atomic mass is 10.2. The first-order valence-electron chi connectivity index (χ1n) is 7.73. The standard InChI is InChI=1S/C16H16BrN5O3/c1-10-20-15(25-21-10)3-2-6-18-14(23)8-22-9-19-13-5-4-11(17)7-12(13)16(22)24/h4-5,7,9H,2-3,6,8H2,1H3,(H,18,23). The van der Waals surface area contributed by atoms with Gasteiger partial charge in [0, 0.05) is 17.4 Å². The fraction of sp³-hybridized carbons (Fsp3) is 0.312. The zero-order chi connectivity index (χ0) is 17.8. The van der Waals surface area contributed by atoms with Crippen LogP contribution in [0.3, 0.4) is 0 Å². The second-order valence-electron chi connectivity index (χ2n) is 5.53. The first-order valence-corrected chi connectivity index (χ1v) is 8.53. The molecule has 0 aliphatic carbocycles. The van der Waals surface area contributed by atoms with E-state index < -0.39 is 0 Å². The summed E-state index contributed by atoms with van der Waals surface area (Å²) in [5.41, 5.74) is 0.350. The van der Waals surface area contributed by atoms with Crippen molar-refractivity contribution in [1.82, 2.24) is 25.0 Å². The topological polar surface area (TPSA) is 103 Å². The molecule has 2 heterocycles. The molecule has 1 amide bonds. The van der Waals surface area contributed by atoms with Crippen molar-refractivity contribution in [2.45, 2.75) is 26.3 Å². The predicted octanol–water partition coefficient (Wildman–Crippen LogP) is 1.60. The normalized spacial score (nSPS) is 11.0. The lowest BCUT2D eigenvalue weighted by molar-refractivity contribution is -0.121. The van der Waals surface area contributed by atoms with E-state index >= 15 is 0 Å². The van der Waals surface area contributed by atoms with E-state index in [1.54, 1.807) is 19.1 Å². The number of halogens is 1. The minimum absolute atomic E-state index is 0.0754. The molecule has 0 spiro atoms. The number of benzene rings is 1. The Kier molecular flexibility index (Phi) is 5.22. The summed E-state index contributed by atoms with van der Waals surface area (Å²) in [5, 5.41) is 6.94. The third-order valence-corrected chi connectivity index (χ3v) is 4.05. The van der Waals surface area contributed by atoms with Crippen LogP contribution in [0.15, 0.2) is 38.3 Å². The van der Waals surface area contributed by atoms with Gasteiger partial charge in [0.2, 0.25) is 11.8 Å². The second kappa shape index (κ2) is 7.56. The maximum absolute atomic E-state index is 12.4. The molecule has 0 atom stereocenters. The fourth-order valence-electron chi connectivity index (χ4n) is 2.36. The maximum Gasteiger partial charge on any atom is 0.261 e. The van der Waals surface area contributed by atoms with Gasteiger partial charge < -0.3 is 9.84 Å². The Morgan fingerprint density at radius 2 is 2.24 bits per heavy atom. The number of aryl methyl sites for hydroxylation is 2. The van der Waals surface area contributed by atoms with E-state index in [0.717, 1.165) is 4.47 Å². The zero-order valence-corrected chi connectivity index (χ0v) is 15.1. The van der Waals surface area contributed by atoms with Gasteiger partial charge in [0.05, 0.1) is 17.2 Å². The van der Waals surface area contributed by atoms with Crippen LogP contribution in [-0.2, 0) is 17.8 Å². The van der Waals surface area contributed by atoms with E-state index in [1.807, 2.05) is 6.07 Å². The lowest BCUT2D eigenvalue weighted by Gasteiger charge is -2.07. The van der Waals surface area contributed by atoms with Crippen molar-refractivity contribution in [3.8, 4) is 0 Å². The van der Waals surface area contributed by atoms with Crippen molar-refractivity contribution in [1.29, 1.82) is 0 Å². The third kappa shape index (κ3) is 4.30. The largest absolute Gasteiger partial charge is 0.355 e. The van der Waals surface area contributed by atoms with Gasteiger partial charge in [-0.1, -0.05) is 21.1 Å². The highest BCUT2D eigenvalue weighted by Gasteiger charge is 2.09. The molecular formula is C16H16BrN5O3. The van der Waals surface area contributed by atoms with Crippen LogP contribution in [0.25, 0.3) is 10.9 Å². The van der Waals surface area contributed by atoms with Crippen LogP contribution in [0.4, 0.5) is 0 Å². The summed E-state index contributed by atoms with van der Waals surface area (Å²) in [4.78, 5) is 32.8. The molecule has 0 saturated heterocycles. The van der Waals surface area contributed by atoms with Crippen LogP contribution in [0, 0.1) is 6.92 Å². The molecule has 0 bridgehead atoms. The van der Waals surface area contributed by atoms with Crippen molar-refractivity contribution < 1.29 is 9.32 Å². The average molecular weight is 406 g/mol. The summed E-state index contributed by atoms with van der Waals surface area (Å²) in [6.07, 6.45) is 2.65. The van der Waals surface area contributed by atoms with E-state index in [9.17, 15) is 9.59 Å². The van der Waals surface area contributed by atoms with Crippen LogP contribution in [0.5, 0.6) is 0 Å². The van der Waals surface area contributed by atoms with Gasteiger partial charge >= 0.3 is 0 Å². The number of hydrogen-bond acceptors (Lipinski definition) is 6. The first-order chi connectivity index (χ1) is 12.0. The molecule has 9 heteroatoms. The smallest absolute Gasteiger partial charge is 0.261 e. The summed E-state index contributed by atoms with van der Waals surface area (Å²) in [6.45, 7) is 2.14. The van der Waals surface area contributed by atoms with Gasteiger partial charge in [-0.05, 0) is 31.5 Å². The summed E-state index contributed by atoms with van der Waals surface area (Å²) in [6, 6.07) is 5.27. The quantitative estimate of drug-likeness (QED) is 0.624. The van der Waals surface area contributed by atoms with Gasteiger partial charge in [-0.3, -0.25) is 14.2 Å². The molecule has 25 heavy (non-hydrogen) atoms. The molecule has 1 aromatic carbocycles. The molecule has 3 aromatic rings. The van der Waals surface area contributed by atoms with Gasteiger partial charge in [0.15, 0.2) is 5.82 Å². The van der Waals surface area contributed by atoms with Gasteiger partial charge in [0.25, 0.3) is 5.56 Å². The maximum atomic E-state index is 12.4. The number of aromatic nitrogens is 4. The molecule has 0 unspecified atom stereocenters. The van der Waals surface area contributed by atoms with E-state index in [-0.39, 0.29) is 18.0 Å². The molecule has 1 N–H and O–H groups in total. The summed E-state index contributed by atoms with van der Waals surface area (Å²) >= 11 is 3.33. The minimum atomic E-state index is -0.250. The van der Waals surface area contributed by atoms with E-state index in [1.165, 1.54) is 10.9 Å². The van der Waals surface area contributed by atoms with Gasteiger partial charge in [-0.15, -0.1) is 0 Å². The van der Waals surface area contributed by atoms with Gasteiger partial charge in [-0.2, -0.15) is 4.98 Å². The molecule has 3 rings (SSSR count). The highest BCUT2D eigenvalue weighted by Crippen LogP contribution is 2.14. The van der Waals surface area contributed by atoms with Crippen molar-refractivity contribution in [3.63, 3.8) is 0 Å². The lowest BCUT2D eigenvalue weighted by Crippen LogP contribution is -2.33. The molecule has 0 fully saturated rings. The number of carbonyl (C=O) groups is 1. The number of nitrogens with one attached hydrogen (secondary N) is 1. The van der Waals surface area contributed by atoms with Crippen LogP contribution in [-0.4, -0.2) is 32.1 Å². The Morgan fingerprint density at radius 3 is 3.00 bits per heavy atom. The van der Waals surface area contributed by atoms with Crippen LogP contribution in [0.2, 0.25) is 0 Å². The van der Waals surface area contributed by atoms with Gasteiger partial charge in [-0.25, -0.2) is 4.98 Å². The number of hydrogen-bond donors (Lipinski definition) is 1. The molecular weight excluding hydrogens is 390 g/mol. The number of carbonyl (C=O) groups excluding carboxylic acids is 1. The Hall–Kier alpha value is -2.55. The van der Waals surface area contributed by atoms with Crippen LogP contribution >= 0.6 is 15.9 Å². The Bertz CT molecular complexity index is 966. The molecule has 130 valence electrons. The highest BCUT2D eigenvalue weighted by molar-refractivity contribution is 9.10. The monoisotopic (exact) mass is 405 g/mol. The Labute approximate surface area is 151 Å². The molecule has 8 nitrogen and oxygen atoms in total. The van der Waals surface area contributed by atoms with E-state index in [0.29, 0.717) is 42.0 Å². The van der Waals surface area contributed by atoms with E-state index in [4.69, 9.17) is 4.52 Å². The Morgan fingerprint density at radius 1 is 1.40 bits per heavy atom. The molecule has 0 radical (unpaired) electrons. The summed E-state index contributed by atoms with van der Waals surface area (Å²) < 4.78 is 7.09. The number of nitrogens with zero attached hydrogens (tertiary/aromatic N) is 4. The van der Waals surface area contributed by atoms with Gasteiger partial charge in [0.1, 0.15) is 6.54 Å². The van der Waals surface area contributed by atoms with Crippen LogP contribution in [0.1, 0.15) is 18.1 Å². The molecule has 2 aromatic heterocycles. The molecule has 0 aliphatic rings. The molecule has 0 aliphatic heterocycles.